The molecule has 0 bridgehead atoms. The number of hydrogen-bond acceptors (Lipinski definition) is 4. The van der Waals surface area contributed by atoms with Crippen molar-refractivity contribution in [3.63, 3.8) is 0 Å². The second kappa shape index (κ2) is 15.0. The van der Waals surface area contributed by atoms with Crippen molar-refractivity contribution < 1.29 is 9.59 Å². The molecule has 4 rings (SSSR count). The third-order valence-corrected chi connectivity index (χ3v) is 11.0. The summed E-state index contributed by atoms with van der Waals surface area (Å²) in [4.78, 5) is 31.3. The SMILES string of the molecule is C/C(N)=C/C(=O)N(C1CCCCC1)C1CCC(CC2CCC(N(C(=O)/C=C(/C)N)C3CCCCC3)C(C)C2)CC1C. The number of nitrogens with zero attached hydrogens (tertiary/aromatic N) is 2. The quantitative estimate of drug-likeness (QED) is 0.307. The molecule has 4 aliphatic carbocycles. The Morgan fingerprint density at radius 3 is 1.29 bits per heavy atom. The molecule has 0 spiro atoms. The molecule has 0 aromatic rings. The third kappa shape index (κ3) is 8.54. The maximum Gasteiger partial charge on any atom is 0.248 e. The van der Waals surface area contributed by atoms with E-state index in [0.717, 1.165) is 50.4 Å². The molecule has 6 unspecified atom stereocenters. The van der Waals surface area contributed by atoms with E-state index in [1.54, 1.807) is 12.2 Å². The summed E-state index contributed by atoms with van der Waals surface area (Å²) in [6, 6.07) is 1.42. The molecule has 41 heavy (non-hydrogen) atoms. The van der Waals surface area contributed by atoms with E-state index < -0.39 is 0 Å². The van der Waals surface area contributed by atoms with Gasteiger partial charge in [0.2, 0.25) is 11.8 Å². The fourth-order valence-corrected chi connectivity index (χ4v) is 9.19. The van der Waals surface area contributed by atoms with Gasteiger partial charge in [-0.1, -0.05) is 52.4 Å². The van der Waals surface area contributed by atoms with Gasteiger partial charge in [0.05, 0.1) is 0 Å². The van der Waals surface area contributed by atoms with Crippen molar-refractivity contribution in [2.45, 2.75) is 161 Å². The van der Waals surface area contributed by atoms with Crippen LogP contribution in [0.25, 0.3) is 0 Å². The average Bonchev–Trinajstić information content (AvgIpc) is 2.92. The van der Waals surface area contributed by atoms with Gasteiger partial charge in [-0.25, -0.2) is 0 Å². The smallest absolute Gasteiger partial charge is 0.248 e. The van der Waals surface area contributed by atoms with Gasteiger partial charge in [0.25, 0.3) is 0 Å². The van der Waals surface area contributed by atoms with Crippen molar-refractivity contribution in [3.05, 3.63) is 23.5 Å². The van der Waals surface area contributed by atoms with Crippen LogP contribution in [0.4, 0.5) is 0 Å². The van der Waals surface area contributed by atoms with Crippen LogP contribution in [0.5, 0.6) is 0 Å². The fourth-order valence-electron chi connectivity index (χ4n) is 9.19. The number of allylic oxidation sites excluding steroid dienone is 2. The summed E-state index contributed by atoms with van der Waals surface area (Å²) in [6.07, 6.45) is 23.8. The lowest BCUT2D eigenvalue weighted by molar-refractivity contribution is -0.134. The summed E-state index contributed by atoms with van der Waals surface area (Å²) in [7, 11) is 0. The molecule has 0 aromatic heterocycles. The second-order valence-electron chi connectivity index (χ2n) is 14.5. The van der Waals surface area contributed by atoms with E-state index in [-0.39, 0.29) is 11.8 Å². The van der Waals surface area contributed by atoms with E-state index in [9.17, 15) is 9.59 Å². The average molecular weight is 569 g/mol. The lowest BCUT2D eigenvalue weighted by Crippen LogP contribution is -2.52. The molecule has 6 heteroatoms. The summed E-state index contributed by atoms with van der Waals surface area (Å²) in [5, 5.41) is 0. The van der Waals surface area contributed by atoms with Crippen LogP contribution in [0.1, 0.15) is 137 Å². The van der Waals surface area contributed by atoms with Gasteiger partial charge in [0.15, 0.2) is 0 Å². The monoisotopic (exact) mass is 568 g/mol. The zero-order valence-electron chi connectivity index (χ0n) is 26.7. The van der Waals surface area contributed by atoms with Gasteiger partial charge in [-0.15, -0.1) is 0 Å². The molecule has 0 aromatic carbocycles. The highest BCUT2D eigenvalue weighted by molar-refractivity contribution is 5.89. The first-order chi connectivity index (χ1) is 19.6. The molecule has 2 amide bonds. The van der Waals surface area contributed by atoms with Crippen LogP contribution in [0, 0.1) is 23.7 Å². The van der Waals surface area contributed by atoms with Crippen LogP contribution < -0.4 is 11.5 Å². The zero-order valence-corrected chi connectivity index (χ0v) is 26.7. The third-order valence-electron chi connectivity index (χ3n) is 11.0. The van der Waals surface area contributed by atoms with E-state index in [2.05, 4.69) is 23.6 Å². The standard InChI is InChI=1S/C35H60N4O2/c1-24-19-28(15-17-32(24)38(34(40)21-26(3)36)30-11-7-5-8-12-30)23-29-16-18-33(25(2)20-29)39(35(41)22-27(4)37)31-13-9-6-10-14-31/h21-22,24-25,28-33H,5-20,23,36-37H2,1-4H3/b26-21-,27-22-. The summed E-state index contributed by atoms with van der Waals surface area (Å²) < 4.78 is 0. The highest BCUT2D eigenvalue weighted by Crippen LogP contribution is 2.43. The lowest BCUT2D eigenvalue weighted by atomic mass is 9.69. The zero-order chi connectivity index (χ0) is 29.5. The Hall–Kier alpha value is -1.98. The van der Waals surface area contributed by atoms with Gasteiger partial charge >= 0.3 is 0 Å². The normalized spacial score (nSPS) is 32.9. The molecule has 4 N–H and O–H groups in total. The van der Waals surface area contributed by atoms with Crippen LogP contribution in [-0.2, 0) is 9.59 Å². The Balaban J connectivity index is 1.35. The highest BCUT2D eigenvalue weighted by Gasteiger charge is 2.40. The summed E-state index contributed by atoms with van der Waals surface area (Å²) in [5.41, 5.74) is 13.1. The van der Waals surface area contributed by atoms with Crippen molar-refractivity contribution in [1.29, 1.82) is 0 Å². The molecule has 232 valence electrons. The Kier molecular flexibility index (Phi) is 11.7. The van der Waals surface area contributed by atoms with E-state index in [1.165, 1.54) is 70.6 Å². The van der Waals surface area contributed by atoms with Gasteiger partial charge in [-0.2, -0.15) is 0 Å². The van der Waals surface area contributed by atoms with Crippen molar-refractivity contribution in [1.82, 2.24) is 9.80 Å². The minimum atomic E-state index is 0.135. The van der Waals surface area contributed by atoms with Crippen LogP contribution in [0.15, 0.2) is 23.5 Å². The first-order valence-corrected chi connectivity index (χ1v) is 17.2. The lowest BCUT2D eigenvalue weighted by Gasteiger charge is -2.47. The molecule has 4 aliphatic rings. The molecule has 0 heterocycles. The number of rotatable bonds is 8. The minimum absolute atomic E-state index is 0.135. The molecule has 0 saturated heterocycles. The van der Waals surface area contributed by atoms with Crippen molar-refractivity contribution in [3.8, 4) is 0 Å². The van der Waals surface area contributed by atoms with Crippen LogP contribution in [0.2, 0.25) is 0 Å². The van der Waals surface area contributed by atoms with Crippen LogP contribution >= 0.6 is 0 Å². The van der Waals surface area contributed by atoms with E-state index in [0.29, 0.717) is 47.4 Å². The first kappa shape index (κ1) is 31.9. The van der Waals surface area contributed by atoms with E-state index in [1.807, 2.05) is 13.8 Å². The second-order valence-corrected chi connectivity index (χ2v) is 14.5. The molecule has 4 fully saturated rings. The Morgan fingerprint density at radius 2 is 0.976 bits per heavy atom. The predicted molar refractivity (Wildman–Crippen MR) is 169 cm³/mol. The molecule has 6 nitrogen and oxygen atoms in total. The van der Waals surface area contributed by atoms with Gasteiger partial charge in [-0.3, -0.25) is 9.59 Å². The topological polar surface area (TPSA) is 92.7 Å². The van der Waals surface area contributed by atoms with Gasteiger partial charge in [0, 0.05) is 47.7 Å². The van der Waals surface area contributed by atoms with Crippen molar-refractivity contribution in [2.75, 3.05) is 0 Å². The van der Waals surface area contributed by atoms with Crippen LogP contribution in [-0.4, -0.2) is 45.8 Å². The van der Waals surface area contributed by atoms with E-state index >= 15 is 0 Å². The van der Waals surface area contributed by atoms with E-state index in [4.69, 9.17) is 11.5 Å². The Labute approximate surface area is 250 Å². The Bertz CT molecular complexity index is 850. The summed E-state index contributed by atoms with van der Waals surface area (Å²) in [6.45, 7) is 8.43. The number of hydrogen-bond donors (Lipinski definition) is 2. The number of amides is 2. The maximum absolute atomic E-state index is 13.4. The number of nitrogens with two attached hydrogens (primary N) is 2. The molecular formula is C35H60N4O2. The van der Waals surface area contributed by atoms with Gasteiger partial charge < -0.3 is 21.3 Å². The van der Waals surface area contributed by atoms with Gasteiger partial charge in [0.1, 0.15) is 0 Å². The highest BCUT2D eigenvalue weighted by atomic mass is 16.2. The molecule has 0 aliphatic heterocycles. The minimum Gasteiger partial charge on any atom is -0.402 e. The molecule has 4 saturated carbocycles. The van der Waals surface area contributed by atoms with Crippen molar-refractivity contribution >= 4 is 11.8 Å². The largest absolute Gasteiger partial charge is 0.402 e. The van der Waals surface area contributed by atoms with Crippen molar-refractivity contribution in [2.24, 2.45) is 35.1 Å². The Morgan fingerprint density at radius 1 is 0.610 bits per heavy atom. The number of carbonyl (C=O) groups excluding carboxylic acids is 2. The summed E-state index contributed by atoms with van der Waals surface area (Å²) >= 11 is 0. The van der Waals surface area contributed by atoms with Crippen LogP contribution in [0.3, 0.4) is 0 Å². The predicted octanol–water partition coefficient (Wildman–Crippen LogP) is 7.03. The fraction of sp³-hybridized carbons (Fsp3) is 0.829. The summed E-state index contributed by atoms with van der Waals surface area (Å²) in [5.74, 6) is 2.79. The maximum atomic E-state index is 13.4. The molecule has 0 radical (unpaired) electrons. The molecule has 6 atom stereocenters. The number of carbonyl (C=O) groups is 2. The molecular weight excluding hydrogens is 508 g/mol. The first-order valence-electron chi connectivity index (χ1n) is 17.2. The van der Waals surface area contributed by atoms with Gasteiger partial charge in [-0.05, 0) is 108 Å².